The van der Waals surface area contributed by atoms with E-state index in [1.165, 1.54) is 62.5 Å². The van der Waals surface area contributed by atoms with Gasteiger partial charge in [0.2, 0.25) is 0 Å². The lowest BCUT2D eigenvalue weighted by molar-refractivity contribution is -0.124. The van der Waals surface area contributed by atoms with E-state index in [2.05, 4.69) is 38.1 Å². The van der Waals surface area contributed by atoms with Crippen LogP contribution in [0.1, 0.15) is 114 Å². The molecule has 2 nitrogen and oxygen atoms in total. The SMILES string of the molecule is CCCC[C@@H]1CCCC(=O)[C@H]1c1ccccc1.CCCC[C@@H]1CCCC(=O)[C@H]1c1ccccc1. The number of rotatable bonds is 8. The van der Waals surface area contributed by atoms with E-state index >= 15 is 0 Å². The Kier molecular flexibility index (Phi) is 11.1. The van der Waals surface area contributed by atoms with Gasteiger partial charge in [-0.15, -0.1) is 0 Å². The molecule has 0 spiro atoms. The Morgan fingerprint density at radius 2 is 1.00 bits per heavy atom. The van der Waals surface area contributed by atoms with Gasteiger partial charge in [0.1, 0.15) is 11.6 Å². The van der Waals surface area contributed by atoms with Gasteiger partial charge in [0.15, 0.2) is 0 Å². The Hall–Kier alpha value is -2.22. The van der Waals surface area contributed by atoms with Crippen molar-refractivity contribution in [2.24, 2.45) is 11.8 Å². The Morgan fingerprint density at radius 1 is 0.618 bits per heavy atom. The van der Waals surface area contributed by atoms with E-state index in [9.17, 15) is 9.59 Å². The Morgan fingerprint density at radius 3 is 1.35 bits per heavy atom. The lowest BCUT2D eigenvalue weighted by Gasteiger charge is -2.30. The maximum atomic E-state index is 12.2. The van der Waals surface area contributed by atoms with Gasteiger partial charge in [-0.3, -0.25) is 9.59 Å². The molecule has 4 atom stereocenters. The molecule has 2 heteroatoms. The highest BCUT2D eigenvalue weighted by Crippen LogP contribution is 2.39. The number of benzene rings is 2. The van der Waals surface area contributed by atoms with Gasteiger partial charge < -0.3 is 0 Å². The quantitative estimate of drug-likeness (QED) is 0.395. The van der Waals surface area contributed by atoms with Crippen molar-refractivity contribution in [1.29, 1.82) is 0 Å². The minimum atomic E-state index is 0.177. The van der Waals surface area contributed by atoms with E-state index < -0.39 is 0 Å². The van der Waals surface area contributed by atoms with Crippen molar-refractivity contribution in [2.45, 2.75) is 103 Å². The van der Waals surface area contributed by atoms with Gasteiger partial charge >= 0.3 is 0 Å². The first-order valence-corrected chi connectivity index (χ1v) is 13.8. The molecule has 0 bridgehead atoms. The molecule has 0 aliphatic heterocycles. The number of hydrogen-bond acceptors (Lipinski definition) is 2. The van der Waals surface area contributed by atoms with Crippen LogP contribution in [0.4, 0.5) is 0 Å². The van der Waals surface area contributed by atoms with Gasteiger partial charge in [0, 0.05) is 24.7 Å². The van der Waals surface area contributed by atoms with Crippen molar-refractivity contribution in [3.05, 3.63) is 71.8 Å². The van der Waals surface area contributed by atoms with Gasteiger partial charge in [-0.1, -0.05) is 100 Å². The first kappa shape index (κ1) is 26.4. The van der Waals surface area contributed by atoms with Crippen molar-refractivity contribution in [1.82, 2.24) is 0 Å². The van der Waals surface area contributed by atoms with Crippen LogP contribution in [0.5, 0.6) is 0 Å². The molecule has 184 valence electrons. The van der Waals surface area contributed by atoms with Gasteiger partial charge in [-0.05, 0) is 61.5 Å². The van der Waals surface area contributed by atoms with Crippen LogP contribution >= 0.6 is 0 Å². The summed E-state index contributed by atoms with van der Waals surface area (Å²) in [5.41, 5.74) is 2.47. The minimum Gasteiger partial charge on any atom is -0.299 e. The molecule has 0 N–H and O–H groups in total. The topological polar surface area (TPSA) is 34.1 Å². The van der Waals surface area contributed by atoms with Crippen LogP contribution in [0.2, 0.25) is 0 Å². The molecule has 2 saturated carbocycles. The monoisotopic (exact) mass is 460 g/mol. The van der Waals surface area contributed by atoms with E-state index in [-0.39, 0.29) is 11.8 Å². The molecule has 2 aliphatic rings. The fourth-order valence-electron chi connectivity index (χ4n) is 6.04. The molecule has 0 saturated heterocycles. The molecule has 0 amide bonds. The van der Waals surface area contributed by atoms with Crippen molar-refractivity contribution in [3.63, 3.8) is 0 Å². The lowest BCUT2D eigenvalue weighted by atomic mass is 9.72. The third-order valence-corrected chi connectivity index (χ3v) is 7.81. The summed E-state index contributed by atoms with van der Waals surface area (Å²) in [6.07, 6.45) is 13.6. The van der Waals surface area contributed by atoms with Crippen LogP contribution in [0.15, 0.2) is 60.7 Å². The molecule has 2 aliphatic carbocycles. The number of carbonyl (C=O) groups excluding carboxylic acids is 2. The highest BCUT2D eigenvalue weighted by molar-refractivity contribution is 5.87. The molecule has 2 aromatic rings. The molecule has 2 fully saturated rings. The zero-order valence-electron chi connectivity index (χ0n) is 21.4. The van der Waals surface area contributed by atoms with E-state index in [4.69, 9.17) is 0 Å². The summed E-state index contributed by atoms with van der Waals surface area (Å²) < 4.78 is 0. The zero-order valence-corrected chi connectivity index (χ0v) is 21.4. The second-order valence-corrected chi connectivity index (χ2v) is 10.3. The number of hydrogen-bond donors (Lipinski definition) is 0. The largest absolute Gasteiger partial charge is 0.299 e. The van der Waals surface area contributed by atoms with Gasteiger partial charge in [0.25, 0.3) is 0 Å². The fraction of sp³-hybridized carbons (Fsp3) is 0.562. The standard InChI is InChI=1S/2C16H22O/c2*1-2-3-8-13-11-7-12-15(17)16(13)14-9-5-4-6-10-14/h2*4-6,9-10,13,16H,2-3,7-8,11-12H2,1H3/t2*13-,16-/m11/s1. The van der Waals surface area contributed by atoms with Crippen molar-refractivity contribution >= 4 is 11.6 Å². The predicted octanol–water partition coefficient (Wildman–Crippen LogP) is 8.66. The Labute approximate surface area is 207 Å². The van der Waals surface area contributed by atoms with E-state index in [1.54, 1.807) is 0 Å². The van der Waals surface area contributed by atoms with Crippen molar-refractivity contribution < 1.29 is 9.59 Å². The maximum absolute atomic E-state index is 12.2. The average Bonchev–Trinajstić information content (AvgIpc) is 2.87. The lowest BCUT2D eigenvalue weighted by Crippen LogP contribution is -2.26. The summed E-state index contributed by atoms with van der Waals surface area (Å²) in [6, 6.07) is 20.7. The van der Waals surface area contributed by atoms with E-state index in [1.807, 2.05) is 36.4 Å². The van der Waals surface area contributed by atoms with Gasteiger partial charge in [0.05, 0.1) is 0 Å². The zero-order chi connectivity index (χ0) is 24.2. The number of ketones is 2. The van der Waals surface area contributed by atoms with Crippen LogP contribution in [-0.2, 0) is 9.59 Å². The number of unbranched alkanes of at least 4 members (excludes halogenated alkanes) is 2. The van der Waals surface area contributed by atoms with Gasteiger partial charge in [-0.25, -0.2) is 0 Å². The number of carbonyl (C=O) groups is 2. The highest BCUT2D eigenvalue weighted by Gasteiger charge is 2.33. The summed E-state index contributed by atoms with van der Waals surface area (Å²) in [5, 5.41) is 0. The first-order valence-electron chi connectivity index (χ1n) is 13.8. The van der Waals surface area contributed by atoms with E-state index in [0.29, 0.717) is 23.4 Å². The molecule has 0 unspecified atom stereocenters. The molecule has 0 aromatic heterocycles. The smallest absolute Gasteiger partial charge is 0.140 e. The van der Waals surface area contributed by atoms with Crippen LogP contribution in [0.3, 0.4) is 0 Å². The predicted molar refractivity (Wildman–Crippen MR) is 142 cm³/mol. The highest BCUT2D eigenvalue weighted by atomic mass is 16.1. The van der Waals surface area contributed by atoms with Crippen LogP contribution in [0.25, 0.3) is 0 Å². The molecule has 0 radical (unpaired) electrons. The minimum absolute atomic E-state index is 0.177. The van der Waals surface area contributed by atoms with Crippen LogP contribution in [0, 0.1) is 11.8 Å². The summed E-state index contributed by atoms with van der Waals surface area (Å²) in [6.45, 7) is 4.45. The first-order chi connectivity index (χ1) is 16.7. The maximum Gasteiger partial charge on any atom is 0.140 e. The molecular formula is C32H44O2. The molecular weight excluding hydrogens is 416 g/mol. The van der Waals surface area contributed by atoms with Crippen molar-refractivity contribution in [2.75, 3.05) is 0 Å². The average molecular weight is 461 g/mol. The van der Waals surface area contributed by atoms with Crippen LogP contribution in [-0.4, -0.2) is 11.6 Å². The van der Waals surface area contributed by atoms with Crippen LogP contribution < -0.4 is 0 Å². The second kappa shape index (κ2) is 14.2. The van der Waals surface area contributed by atoms with Crippen molar-refractivity contribution in [3.8, 4) is 0 Å². The van der Waals surface area contributed by atoms with Gasteiger partial charge in [-0.2, -0.15) is 0 Å². The Balaban J connectivity index is 0.000000191. The normalized spacial score (nSPS) is 24.9. The third kappa shape index (κ3) is 7.39. The summed E-state index contributed by atoms with van der Waals surface area (Å²) in [4.78, 5) is 24.3. The third-order valence-electron chi connectivity index (χ3n) is 7.81. The van der Waals surface area contributed by atoms with E-state index in [0.717, 1.165) is 25.7 Å². The summed E-state index contributed by atoms with van der Waals surface area (Å²) >= 11 is 0. The molecule has 0 heterocycles. The number of Topliss-reactive ketones (excluding diaryl/α,β-unsaturated/α-hetero) is 2. The fourth-order valence-corrected chi connectivity index (χ4v) is 6.04. The summed E-state index contributed by atoms with van der Waals surface area (Å²) in [5.74, 6) is 2.44. The Bertz CT molecular complexity index is 784. The molecule has 2 aromatic carbocycles. The molecule has 34 heavy (non-hydrogen) atoms. The summed E-state index contributed by atoms with van der Waals surface area (Å²) in [7, 11) is 0. The molecule has 4 rings (SSSR count). The second-order valence-electron chi connectivity index (χ2n) is 10.3.